The van der Waals surface area contributed by atoms with Gasteiger partial charge in [-0.05, 0) is 41.5 Å². The number of carbonyl (C=O) groups is 1. The zero-order valence-corrected chi connectivity index (χ0v) is 17.9. The molecule has 3 atom stereocenters. The summed E-state index contributed by atoms with van der Waals surface area (Å²) >= 11 is 0. The van der Waals surface area contributed by atoms with Crippen LogP contribution in [0.1, 0.15) is 28.7 Å². The van der Waals surface area contributed by atoms with Crippen LogP contribution < -0.4 is 15.2 Å². The monoisotopic (exact) mass is 449 g/mol. The van der Waals surface area contributed by atoms with Gasteiger partial charge >= 0.3 is 6.03 Å². The van der Waals surface area contributed by atoms with Gasteiger partial charge in [0, 0.05) is 25.6 Å². The van der Waals surface area contributed by atoms with E-state index >= 15 is 0 Å². The van der Waals surface area contributed by atoms with Crippen molar-refractivity contribution in [3.8, 4) is 5.88 Å². The summed E-state index contributed by atoms with van der Waals surface area (Å²) in [6.45, 7) is 0.670. The third-order valence-electron chi connectivity index (χ3n) is 6.11. The van der Waals surface area contributed by atoms with Crippen LogP contribution in [0.2, 0.25) is 0 Å². The summed E-state index contributed by atoms with van der Waals surface area (Å²) in [5.74, 6) is 0.221. The van der Waals surface area contributed by atoms with Crippen LogP contribution in [0.25, 0.3) is 0 Å². The van der Waals surface area contributed by atoms with E-state index in [4.69, 9.17) is 14.6 Å². The molecule has 0 spiro atoms. The molecular weight excluding hydrogens is 425 g/mol. The van der Waals surface area contributed by atoms with E-state index in [0.717, 1.165) is 41.5 Å². The molecule has 1 aliphatic heterocycles. The van der Waals surface area contributed by atoms with Gasteiger partial charge in [-0.3, -0.25) is 0 Å². The van der Waals surface area contributed by atoms with Gasteiger partial charge in [-0.1, -0.05) is 6.07 Å². The molecule has 0 fully saturated rings. The smallest absolute Gasteiger partial charge is 0.354 e. The van der Waals surface area contributed by atoms with Gasteiger partial charge in [-0.25, -0.2) is 23.2 Å². The van der Waals surface area contributed by atoms with Gasteiger partial charge in [0.2, 0.25) is 5.88 Å². The van der Waals surface area contributed by atoms with Crippen LogP contribution in [-0.2, 0) is 46.9 Å². The van der Waals surface area contributed by atoms with Gasteiger partial charge in [0.25, 0.3) is 0 Å². The predicted molar refractivity (Wildman–Crippen MR) is 111 cm³/mol. The Balaban J connectivity index is 1.45. The molecule has 11 heteroatoms. The molecule has 0 bridgehead atoms. The molecular formula is C20H24FN5O4S. The van der Waals surface area contributed by atoms with Crippen molar-refractivity contribution in [2.24, 2.45) is 9.50 Å². The predicted octanol–water partition coefficient (Wildman–Crippen LogP) is 2.15. The average molecular weight is 450 g/mol. The number of aromatic nitrogens is 2. The third-order valence-corrected chi connectivity index (χ3v) is 7.46. The Bertz CT molecular complexity index is 1190. The van der Waals surface area contributed by atoms with Crippen molar-refractivity contribution in [3.05, 3.63) is 34.5 Å². The van der Waals surface area contributed by atoms with E-state index in [1.807, 2.05) is 0 Å². The molecule has 3 aliphatic rings. The largest absolute Gasteiger partial charge is 0.474 e. The lowest BCUT2D eigenvalue weighted by Crippen LogP contribution is -2.32. The maximum absolute atomic E-state index is 14.1. The first-order chi connectivity index (χ1) is 14.9. The van der Waals surface area contributed by atoms with Gasteiger partial charge in [0.05, 0.1) is 12.7 Å². The fourth-order valence-electron chi connectivity index (χ4n) is 4.65. The van der Waals surface area contributed by atoms with E-state index in [1.165, 1.54) is 10.9 Å². The average Bonchev–Trinajstić information content (AvgIpc) is 3.44. The van der Waals surface area contributed by atoms with Crippen molar-refractivity contribution >= 4 is 21.6 Å². The molecule has 1 aromatic heterocycles. The summed E-state index contributed by atoms with van der Waals surface area (Å²) < 4.78 is 43.3. The van der Waals surface area contributed by atoms with Crippen molar-refractivity contribution in [2.75, 3.05) is 19.0 Å². The summed E-state index contributed by atoms with van der Waals surface area (Å²) in [4.78, 5) is 12.8. The molecule has 0 saturated heterocycles. The topological polar surface area (TPSA) is 121 Å². The number of hydrogen-bond acceptors (Lipinski definition) is 5. The number of nitrogens with zero attached hydrogens (tertiary/aromatic N) is 3. The molecule has 2 aromatic rings. The lowest BCUT2D eigenvalue weighted by Gasteiger charge is -2.23. The van der Waals surface area contributed by atoms with E-state index in [9.17, 15) is 13.4 Å². The molecule has 3 N–H and O–H groups in total. The quantitative estimate of drug-likeness (QED) is 0.744. The number of halogens is 1. The van der Waals surface area contributed by atoms with Crippen LogP contribution >= 0.6 is 0 Å². The number of methoxy groups -OCH3 is 1. The number of fused-ring (bicyclic) bond motifs is 3. The first-order valence-corrected chi connectivity index (χ1v) is 11.8. The number of hydrogen-bond donors (Lipinski definition) is 2. The Kier molecular flexibility index (Phi) is 4.98. The lowest BCUT2D eigenvalue weighted by atomic mass is 9.99. The van der Waals surface area contributed by atoms with Crippen LogP contribution in [0.3, 0.4) is 0 Å². The van der Waals surface area contributed by atoms with Crippen molar-refractivity contribution in [1.29, 1.82) is 0 Å². The van der Waals surface area contributed by atoms with Crippen molar-refractivity contribution < 1.29 is 22.9 Å². The Hall–Kier alpha value is -2.50. The number of urea groups is 1. The standard InChI is InChI=1S/C20H24FN5O4S/c1-29-14-9-26-19(30-10-14)17(8-23-26)31(22,28)25-20(27)24-18-15-4-2-3-11(15)5-12-6-13(21)7-16(12)18/h5,8,13-14H,2-4,6-7,9-10H2,1H3,(H3,22,24,25,27,28)/t13-,14+,31+/m1/s1. The molecule has 5 rings (SSSR count). The van der Waals surface area contributed by atoms with Crippen molar-refractivity contribution in [3.63, 3.8) is 0 Å². The fourth-order valence-corrected chi connectivity index (χ4v) is 5.65. The van der Waals surface area contributed by atoms with E-state index < -0.39 is 22.1 Å². The Morgan fingerprint density at radius 2 is 2.23 bits per heavy atom. The molecule has 166 valence electrons. The summed E-state index contributed by atoms with van der Waals surface area (Å²) in [5, 5.41) is 12.8. The lowest BCUT2D eigenvalue weighted by molar-refractivity contribution is 0.0165. The highest BCUT2D eigenvalue weighted by Crippen LogP contribution is 2.39. The van der Waals surface area contributed by atoms with Gasteiger partial charge in [0.15, 0.2) is 9.92 Å². The minimum Gasteiger partial charge on any atom is -0.474 e. The van der Waals surface area contributed by atoms with Gasteiger partial charge in [-0.15, -0.1) is 4.36 Å². The van der Waals surface area contributed by atoms with Gasteiger partial charge in [-0.2, -0.15) is 5.10 Å². The number of aryl methyl sites for hydroxylation is 1. The molecule has 2 amide bonds. The van der Waals surface area contributed by atoms with Crippen molar-refractivity contribution in [2.45, 2.75) is 55.8 Å². The molecule has 2 heterocycles. The Labute approximate surface area is 179 Å². The van der Waals surface area contributed by atoms with E-state index in [-0.39, 0.29) is 29.9 Å². The van der Waals surface area contributed by atoms with Crippen molar-refractivity contribution in [1.82, 2.24) is 9.78 Å². The molecule has 9 nitrogen and oxygen atoms in total. The SMILES string of the molecule is CO[C@@H]1COc2c([S@@](N)(=O)=NC(=O)Nc3c4c(cc5c3C[C@H](F)C5)CCC4)cnn2C1. The summed E-state index contributed by atoms with van der Waals surface area (Å²) in [6, 6.07) is 1.22. The molecule has 2 aliphatic carbocycles. The minimum absolute atomic E-state index is 0.0598. The first kappa shape index (κ1) is 20.4. The molecule has 0 saturated carbocycles. The van der Waals surface area contributed by atoms with E-state index in [2.05, 4.69) is 20.8 Å². The molecule has 1 aromatic carbocycles. The van der Waals surface area contributed by atoms with E-state index in [1.54, 1.807) is 7.11 Å². The third kappa shape index (κ3) is 3.60. The van der Waals surface area contributed by atoms with Crippen LogP contribution in [0.5, 0.6) is 5.88 Å². The maximum atomic E-state index is 14.1. The number of carbonyl (C=O) groups excluding carboxylic acids is 1. The number of amides is 2. The highest BCUT2D eigenvalue weighted by Gasteiger charge is 2.31. The molecule has 0 radical (unpaired) electrons. The number of nitrogens with two attached hydrogens (primary N) is 1. The first-order valence-electron chi connectivity index (χ1n) is 10.2. The molecule has 31 heavy (non-hydrogen) atoms. The molecule has 0 unspecified atom stereocenters. The normalized spacial score (nSPS) is 23.3. The minimum atomic E-state index is -3.60. The number of anilines is 1. The number of rotatable bonds is 3. The number of nitrogens with one attached hydrogen (secondary N) is 1. The van der Waals surface area contributed by atoms with Gasteiger partial charge in [0.1, 0.15) is 23.8 Å². The van der Waals surface area contributed by atoms with Crippen LogP contribution in [-0.4, -0.2) is 46.0 Å². The summed E-state index contributed by atoms with van der Waals surface area (Å²) in [7, 11) is -2.03. The summed E-state index contributed by atoms with van der Waals surface area (Å²) in [5.41, 5.74) is 4.46. The second-order valence-electron chi connectivity index (χ2n) is 8.14. The van der Waals surface area contributed by atoms with E-state index in [0.29, 0.717) is 18.7 Å². The Morgan fingerprint density at radius 3 is 3.03 bits per heavy atom. The number of benzene rings is 1. The Morgan fingerprint density at radius 1 is 1.39 bits per heavy atom. The highest BCUT2D eigenvalue weighted by molar-refractivity contribution is 7.91. The number of ether oxygens (including phenoxy) is 2. The van der Waals surface area contributed by atoms with Crippen LogP contribution in [0, 0.1) is 0 Å². The second kappa shape index (κ2) is 7.57. The van der Waals surface area contributed by atoms with Gasteiger partial charge < -0.3 is 14.8 Å². The summed E-state index contributed by atoms with van der Waals surface area (Å²) in [6.07, 6.45) is 3.44. The van der Waals surface area contributed by atoms with Crippen LogP contribution in [0.15, 0.2) is 21.5 Å². The zero-order chi connectivity index (χ0) is 21.8. The van der Waals surface area contributed by atoms with Crippen LogP contribution in [0.4, 0.5) is 14.9 Å². The maximum Gasteiger partial charge on any atom is 0.354 e. The second-order valence-corrected chi connectivity index (χ2v) is 9.90. The number of alkyl halides is 1. The fraction of sp³-hybridized carbons (Fsp3) is 0.500. The zero-order valence-electron chi connectivity index (χ0n) is 17.1. The highest BCUT2D eigenvalue weighted by atomic mass is 32.2.